The molecule has 2 aromatic carbocycles. The highest BCUT2D eigenvalue weighted by atomic mass is 35.5. The number of halogens is 2. The fourth-order valence-electron chi connectivity index (χ4n) is 3.08. The van der Waals surface area contributed by atoms with E-state index in [0.717, 1.165) is 5.56 Å². The van der Waals surface area contributed by atoms with Crippen molar-refractivity contribution in [3.05, 3.63) is 69.7 Å². The first-order chi connectivity index (χ1) is 13.6. The van der Waals surface area contributed by atoms with Crippen LogP contribution in [-0.4, -0.2) is 28.3 Å². The van der Waals surface area contributed by atoms with Crippen molar-refractivity contribution in [1.29, 1.82) is 0 Å². The van der Waals surface area contributed by atoms with E-state index < -0.39 is 6.04 Å². The standard InChI is InChI=1S/C23H28Cl2N2O2/c1-5-20(22(29)26-23(2,3)4)27(15-16-9-7-6-8-10-16)21(28)13-17-11-12-18(24)14-19(17)25/h6-12,14,20H,5,13,15H2,1-4H3,(H,26,29)/t20-/m1/s1. The molecule has 0 spiro atoms. The van der Waals surface area contributed by atoms with Crippen molar-refractivity contribution in [2.75, 3.05) is 0 Å². The summed E-state index contributed by atoms with van der Waals surface area (Å²) in [5.74, 6) is -0.319. The third kappa shape index (κ3) is 7.06. The van der Waals surface area contributed by atoms with Gasteiger partial charge in [0.25, 0.3) is 0 Å². The van der Waals surface area contributed by atoms with E-state index in [1.807, 2.05) is 58.0 Å². The van der Waals surface area contributed by atoms with Crippen molar-refractivity contribution in [2.24, 2.45) is 0 Å². The van der Waals surface area contributed by atoms with E-state index in [-0.39, 0.29) is 23.8 Å². The Morgan fingerprint density at radius 1 is 1.07 bits per heavy atom. The molecule has 0 radical (unpaired) electrons. The van der Waals surface area contributed by atoms with Crippen LogP contribution in [0.4, 0.5) is 0 Å². The molecule has 2 rings (SSSR count). The average Bonchev–Trinajstić information content (AvgIpc) is 2.63. The van der Waals surface area contributed by atoms with E-state index in [9.17, 15) is 9.59 Å². The minimum Gasteiger partial charge on any atom is -0.350 e. The molecule has 0 fully saturated rings. The number of nitrogens with one attached hydrogen (secondary N) is 1. The molecule has 1 atom stereocenters. The molecule has 29 heavy (non-hydrogen) atoms. The summed E-state index contributed by atoms with van der Waals surface area (Å²) in [6, 6.07) is 14.2. The van der Waals surface area contributed by atoms with Gasteiger partial charge in [0.15, 0.2) is 0 Å². The van der Waals surface area contributed by atoms with E-state index in [1.165, 1.54) is 0 Å². The number of nitrogens with zero attached hydrogens (tertiary/aromatic N) is 1. The predicted octanol–water partition coefficient (Wildman–Crippen LogP) is 5.26. The molecule has 156 valence electrons. The summed E-state index contributed by atoms with van der Waals surface area (Å²) in [7, 11) is 0. The molecular formula is C23H28Cl2N2O2. The van der Waals surface area contributed by atoms with Gasteiger partial charge in [-0.2, -0.15) is 0 Å². The van der Waals surface area contributed by atoms with Gasteiger partial charge in [-0.1, -0.05) is 66.5 Å². The predicted molar refractivity (Wildman–Crippen MR) is 119 cm³/mol. The molecule has 0 saturated heterocycles. The lowest BCUT2D eigenvalue weighted by Crippen LogP contribution is -2.53. The van der Waals surface area contributed by atoms with Crippen molar-refractivity contribution in [1.82, 2.24) is 10.2 Å². The van der Waals surface area contributed by atoms with Crippen molar-refractivity contribution < 1.29 is 9.59 Å². The van der Waals surface area contributed by atoms with Crippen molar-refractivity contribution in [2.45, 2.75) is 58.7 Å². The first-order valence-electron chi connectivity index (χ1n) is 9.70. The van der Waals surface area contributed by atoms with E-state index in [1.54, 1.807) is 23.1 Å². The highest BCUT2D eigenvalue weighted by Gasteiger charge is 2.30. The number of amides is 2. The molecule has 2 aromatic rings. The van der Waals surface area contributed by atoms with Gasteiger partial charge < -0.3 is 10.2 Å². The molecule has 0 bridgehead atoms. The third-order valence-corrected chi connectivity index (χ3v) is 5.02. The van der Waals surface area contributed by atoms with Crippen LogP contribution in [0.15, 0.2) is 48.5 Å². The number of carbonyl (C=O) groups excluding carboxylic acids is 2. The first-order valence-corrected chi connectivity index (χ1v) is 10.5. The third-order valence-electron chi connectivity index (χ3n) is 4.44. The number of benzene rings is 2. The number of hydrogen-bond acceptors (Lipinski definition) is 2. The van der Waals surface area contributed by atoms with Crippen LogP contribution in [-0.2, 0) is 22.6 Å². The maximum Gasteiger partial charge on any atom is 0.243 e. The normalized spacial score (nSPS) is 12.3. The van der Waals surface area contributed by atoms with Gasteiger partial charge in [0.05, 0.1) is 6.42 Å². The van der Waals surface area contributed by atoms with Crippen LogP contribution in [0, 0.1) is 0 Å². The monoisotopic (exact) mass is 434 g/mol. The van der Waals surface area contributed by atoms with Crippen LogP contribution in [0.2, 0.25) is 10.0 Å². The average molecular weight is 435 g/mol. The van der Waals surface area contributed by atoms with Gasteiger partial charge >= 0.3 is 0 Å². The van der Waals surface area contributed by atoms with E-state index in [4.69, 9.17) is 23.2 Å². The zero-order valence-electron chi connectivity index (χ0n) is 17.3. The summed E-state index contributed by atoms with van der Waals surface area (Å²) in [5.41, 5.74) is 1.26. The lowest BCUT2D eigenvalue weighted by atomic mass is 10.0. The highest BCUT2D eigenvalue weighted by molar-refractivity contribution is 6.35. The van der Waals surface area contributed by atoms with Crippen LogP contribution >= 0.6 is 23.2 Å². The largest absolute Gasteiger partial charge is 0.350 e. The smallest absolute Gasteiger partial charge is 0.243 e. The molecule has 0 saturated carbocycles. The topological polar surface area (TPSA) is 49.4 Å². The Labute approximate surface area is 183 Å². The Hall–Kier alpha value is -2.04. The van der Waals surface area contributed by atoms with Crippen molar-refractivity contribution in [3.8, 4) is 0 Å². The fourth-order valence-corrected chi connectivity index (χ4v) is 3.56. The fraction of sp³-hybridized carbons (Fsp3) is 0.391. The van der Waals surface area contributed by atoms with E-state index in [2.05, 4.69) is 5.32 Å². The van der Waals surface area contributed by atoms with Crippen LogP contribution in [0.5, 0.6) is 0 Å². The molecule has 0 aliphatic rings. The molecule has 0 aliphatic carbocycles. The van der Waals surface area contributed by atoms with Crippen LogP contribution < -0.4 is 5.32 Å². The Kier molecular flexibility index (Phi) is 8.12. The lowest BCUT2D eigenvalue weighted by Gasteiger charge is -2.33. The summed E-state index contributed by atoms with van der Waals surface area (Å²) in [4.78, 5) is 27.9. The van der Waals surface area contributed by atoms with Gasteiger partial charge in [-0.3, -0.25) is 9.59 Å². The van der Waals surface area contributed by atoms with Gasteiger partial charge in [-0.25, -0.2) is 0 Å². The second kappa shape index (κ2) is 10.1. The molecule has 0 aromatic heterocycles. The van der Waals surface area contributed by atoms with Gasteiger partial charge in [0.1, 0.15) is 6.04 Å². The molecule has 0 aliphatic heterocycles. The minimum atomic E-state index is -0.576. The Bertz CT molecular complexity index is 848. The molecule has 4 nitrogen and oxygen atoms in total. The Morgan fingerprint density at radius 2 is 1.72 bits per heavy atom. The summed E-state index contributed by atoms with van der Waals surface area (Å²) in [5, 5.41) is 3.96. The van der Waals surface area contributed by atoms with E-state index in [0.29, 0.717) is 28.6 Å². The van der Waals surface area contributed by atoms with Crippen LogP contribution in [0.25, 0.3) is 0 Å². The van der Waals surface area contributed by atoms with Crippen LogP contribution in [0.3, 0.4) is 0 Å². The maximum atomic E-state index is 13.3. The SMILES string of the molecule is CC[C@H](C(=O)NC(C)(C)C)N(Cc1ccccc1)C(=O)Cc1ccc(Cl)cc1Cl. The number of rotatable bonds is 7. The summed E-state index contributed by atoms with van der Waals surface area (Å²) >= 11 is 12.2. The quantitative estimate of drug-likeness (QED) is 0.645. The van der Waals surface area contributed by atoms with Gasteiger partial charge in [0.2, 0.25) is 11.8 Å². The number of hydrogen-bond donors (Lipinski definition) is 1. The van der Waals surface area contributed by atoms with E-state index >= 15 is 0 Å². The minimum absolute atomic E-state index is 0.0993. The van der Waals surface area contributed by atoms with Crippen LogP contribution in [0.1, 0.15) is 45.2 Å². The molecule has 6 heteroatoms. The van der Waals surface area contributed by atoms with Gasteiger partial charge in [-0.05, 0) is 50.5 Å². The molecule has 0 heterocycles. The lowest BCUT2D eigenvalue weighted by molar-refractivity contribution is -0.141. The van der Waals surface area contributed by atoms with Crippen molar-refractivity contribution >= 4 is 35.0 Å². The molecule has 0 unspecified atom stereocenters. The summed E-state index contributed by atoms with van der Waals surface area (Å²) in [6.45, 7) is 8.03. The van der Waals surface area contributed by atoms with Gasteiger partial charge in [0, 0.05) is 22.1 Å². The maximum absolute atomic E-state index is 13.3. The summed E-state index contributed by atoms with van der Waals surface area (Å²) < 4.78 is 0. The molecular weight excluding hydrogens is 407 g/mol. The number of carbonyl (C=O) groups is 2. The van der Waals surface area contributed by atoms with Crippen molar-refractivity contribution in [3.63, 3.8) is 0 Å². The summed E-state index contributed by atoms with van der Waals surface area (Å²) in [6.07, 6.45) is 0.608. The zero-order chi connectivity index (χ0) is 21.6. The molecule has 1 N–H and O–H groups in total. The Morgan fingerprint density at radius 3 is 2.28 bits per heavy atom. The van der Waals surface area contributed by atoms with Gasteiger partial charge in [-0.15, -0.1) is 0 Å². The molecule has 2 amide bonds. The first kappa shape index (κ1) is 23.2. The highest BCUT2D eigenvalue weighted by Crippen LogP contribution is 2.23. The second-order valence-corrected chi connectivity index (χ2v) is 8.93. The zero-order valence-corrected chi connectivity index (χ0v) is 18.8. The Balaban J connectivity index is 2.32. The second-order valence-electron chi connectivity index (χ2n) is 8.08.